The summed E-state index contributed by atoms with van der Waals surface area (Å²) in [6, 6.07) is 3.45. The topological polar surface area (TPSA) is 90.2 Å². The van der Waals surface area contributed by atoms with Crippen LogP contribution in [0.15, 0.2) is 24.0 Å². The Morgan fingerprint density at radius 2 is 2.21 bits per heavy atom. The van der Waals surface area contributed by atoms with Crippen molar-refractivity contribution in [2.45, 2.75) is 42.6 Å². The molecule has 2 aliphatic heterocycles. The summed E-state index contributed by atoms with van der Waals surface area (Å²) in [7, 11) is 1.93. The Bertz CT molecular complexity index is 818. The van der Waals surface area contributed by atoms with Crippen LogP contribution in [0.25, 0.3) is 0 Å². The number of carbonyl (C=O) groups excluding carboxylic acids is 1. The molecule has 6 nitrogen and oxygen atoms in total. The van der Waals surface area contributed by atoms with Crippen LogP contribution in [-0.4, -0.2) is 57.3 Å². The van der Waals surface area contributed by atoms with Crippen molar-refractivity contribution in [1.29, 1.82) is 0 Å². The maximum atomic E-state index is 12.6. The summed E-state index contributed by atoms with van der Waals surface area (Å²) in [4.78, 5) is 14.6. The van der Waals surface area contributed by atoms with Crippen LogP contribution in [-0.2, 0) is 23.2 Å². The number of hydrogen-bond donors (Lipinski definition) is 3. The van der Waals surface area contributed by atoms with E-state index in [0.29, 0.717) is 30.7 Å². The molecular formula is C18H19NO5. The average Bonchev–Trinajstić information content (AvgIpc) is 2.91. The van der Waals surface area contributed by atoms with Crippen LogP contribution in [0.4, 0.5) is 0 Å². The first kappa shape index (κ1) is 14.5. The number of nitrogens with zero attached hydrogens (tertiary/aromatic N) is 1. The summed E-state index contributed by atoms with van der Waals surface area (Å²) in [5, 5.41) is 31.9. The summed E-state index contributed by atoms with van der Waals surface area (Å²) in [5.41, 5.74) is -0.0871. The van der Waals surface area contributed by atoms with E-state index < -0.39 is 17.1 Å². The predicted octanol–water partition coefficient (Wildman–Crippen LogP) is 0.194. The van der Waals surface area contributed by atoms with Crippen LogP contribution < -0.4 is 4.74 Å². The van der Waals surface area contributed by atoms with E-state index in [1.54, 1.807) is 0 Å². The summed E-state index contributed by atoms with van der Waals surface area (Å²) in [6.07, 6.45) is 1.34. The Balaban J connectivity index is 1.90. The molecule has 5 rings (SSSR count). The standard InChI is InChI=1S/C18H19NO5/c1-19-5-4-17-14-9-2-3-10(8-20)15(14)24-16(17)11(21)7-13(22)18(17,23)12(19)6-9/h2-3,7,12,16,20,22-23H,4-6,8H2,1H3/t12-,16+,17+,18+/m1/s1. The second-order valence-corrected chi connectivity index (χ2v) is 7.36. The van der Waals surface area contributed by atoms with Crippen LogP contribution in [0.2, 0.25) is 0 Å². The molecule has 24 heavy (non-hydrogen) atoms. The Kier molecular flexibility index (Phi) is 2.53. The Morgan fingerprint density at radius 3 is 2.96 bits per heavy atom. The quantitative estimate of drug-likeness (QED) is 0.682. The number of likely N-dealkylation sites (N-methyl/N-ethyl adjacent to an activating group) is 1. The van der Waals surface area contributed by atoms with Crippen molar-refractivity contribution < 1.29 is 24.9 Å². The molecule has 0 unspecified atom stereocenters. The number of ether oxygens (including phenoxy) is 1. The molecule has 2 bridgehead atoms. The molecule has 6 heteroatoms. The maximum absolute atomic E-state index is 12.6. The van der Waals surface area contributed by atoms with Gasteiger partial charge in [0.1, 0.15) is 11.5 Å². The zero-order valence-electron chi connectivity index (χ0n) is 13.3. The van der Waals surface area contributed by atoms with Crippen LogP contribution >= 0.6 is 0 Å². The van der Waals surface area contributed by atoms with Crippen molar-refractivity contribution >= 4 is 5.78 Å². The van der Waals surface area contributed by atoms with Crippen molar-refractivity contribution in [2.24, 2.45) is 0 Å². The van der Waals surface area contributed by atoms with E-state index >= 15 is 0 Å². The van der Waals surface area contributed by atoms with E-state index in [4.69, 9.17) is 4.74 Å². The summed E-state index contributed by atoms with van der Waals surface area (Å²) < 4.78 is 6.02. The lowest BCUT2D eigenvalue weighted by molar-refractivity contribution is -0.167. The second-order valence-electron chi connectivity index (χ2n) is 7.36. The molecule has 1 spiro atoms. The van der Waals surface area contributed by atoms with Gasteiger partial charge in [0, 0.05) is 17.2 Å². The average molecular weight is 329 g/mol. The van der Waals surface area contributed by atoms with Crippen LogP contribution in [0.5, 0.6) is 5.75 Å². The highest BCUT2D eigenvalue weighted by Crippen LogP contribution is 2.63. The molecular weight excluding hydrogens is 310 g/mol. The zero-order valence-corrected chi connectivity index (χ0v) is 13.3. The van der Waals surface area contributed by atoms with Gasteiger partial charge < -0.3 is 20.1 Å². The number of carbonyl (C=O) groups is 1. The SMILES string of the molecule is CN1CC[C@]23c4c5ccc(CO)c4O[C@H]2C(=O)C=C(O)[C@@]3(O)[C@H]1C5. The van der Waals surface area contributed by atoms with E-state index in [0.717, 1.165) is 17.2 Å². The highest BCUT2D eigenvalue weighted by atomic mass is 16.5. The molecule has 3 N–H and O–H groups in total. The largest absolute Gasteiger partial charge is 0.509 e. The van der Waals surface area contributed by atoms with E-state index in [9.17, 15) is 20.1 Å². The van der Waals surface area contributed by atoms with Gasteiger partial charge in [0.15, 0.2) is 11.7 Å². The monoisotopic (exact) mass is 329 g/mol. The van der Waals surface area contributed by atoms with Crippen molar-refractivity contribution in [1.82, 2.24) is 4.90 Å². The highest BCUT2D eigenvalue weighted by molar-refractivity contribution is 5.99. The minimum absolute atomic E-state index is 0.194. The van der Waals surface area contributed by atoms with Gasteiger partial charge in [-0.25, -0.2) is 0 Å². The van der Waals surface area contributed by atoms with Gasteiger partial charge in [0.05, 0.1) is 18.1 Å². The molecule has 0 amide bonds. The van der Waals surface area contributed by atoms with Gasteiger partial charge in [-0.2, -0.15) is 0 Å². The zero-order chi connectivity index (χ0) is 16.9. The van der Waals surface area contributed by atoms with Gasteiger partial charge in [-0.3, -0.25) is 9.69 Å². The Hall–Kier alpha value is -1.89. The third-order valence-corrected chi connectivity index (χ3v) is 6.52. The number of ketones is 1. The van der Waals surface area contributed by atoms with Crippen molar-refractivity contribution in [2.75, 3.05) is 13.6 Å². The number of piperidine rings is 1. The number of rotatable bonds is 1. The number of hydrogen-bond acceptors (Lipinski definition) is 6. The molecule has 1 saturated heterocycles. The van der Waals surface area contributed by atoms with Crippen LogP contribution in [0, 0.1) is 0 Å². The van der Waals surface area contributed by atoms with E-state index in [1.807, 2.05) is 24.1 Å². The molecule has 2 heterocycles. The number of likely N-dealkylation sites (tertiary alicyclic amines) is 1. The summed E-state index contributed by atoms with van der Waals surface area (Å²) >= 11 is 0. The van der Waals surface area contributed by atoms with Gasteiger partial charge in [0.25, 0.3) is 0 Å². The molecule has 0 aromatic heterocycles. The van der Waals surface area contributed by atoms with Crippen molar-refractivity contribution in [3.05, 3.63) is 40.7 Å². The van der Waals surface area contributed by atoms with Crippen LogP contribution in [0.1, 0.15) is 23.1 Å². The maximum Gasteiger partial charge on any atom is 0.200 e. The number of aliphatic hydroxyl groups excluding tert-OH is 2. The van der Waals surface area contributed by atoms with Crippen LogP contribution in [0.3, 0.4) is 0 Å². The minimum Gasteiger partial charge on any atom is -0.509 e. The molecule has 4 atom stereocenters. The molecule has 4 aliphatic rings. The van der Waals surface area contributed by atoms with Crippen molar-refractivity contribution in [3.63, 3.8) is 0 Å². The normalized spacial score (nSPS) is 39.3. The number of benzene rings is 1. The first-order valence-electron chi connectivity index (χ1n) is 8.25. The van der Waals surface area contributed by atoms with Gasteiger partial charge in [-0.05, 0) is 32.0 Å². The Labute approximate surface area is 139 Å². The fourth-order valence-corrected chi connectivity index (χ4v) is 5.43. The first-order chi connectivity index (χ1) is 11.4. The lowest BCUT2D eigenvalue weighted by Crippen LogP contribution is -2.76. The predicted molar refractivity (Wildman–Crippen MR) is 83.9 cm³/mol. The molecule has 0 saturated carbocycles. The highest BCUT2D eigenvalue weighted by Gasteiger charge is 2.74. The lowest BCUT2D eigenvalue weighted by atomic mass is 9.50. The van der Waals surface area contributed by atoms with Crippen molar-refractivity contribution in [3.8, 4) is 5.75 Å². The third kappa shape index (κ3) is 1.27. The van der Waals surface area contributed by atoms with E-state index in [2.05, 4.69) is 0 Å². The minimum atomic E-state index is -1.55. The molecule has 1 aromatic rings. The summed E-state index contributed by atoms with van der Waals surface area (Å²) in [6.45, 7) is 0.510. The fraction of sp³-hybridized carbons (Fsp3) is 0.500. The fourth-order valence-electron chi connectivity index (χ4n) is 5.43. The van der Waals surface area contributed by atoms with Gasteiger partial charge >= 0.3 is 0 Å². The second kappa shape index (κ2) is 4.20. The molecule has 1 fully saturated rings. The van der Waals surface area contributed by atoms with Gasteiger partial charge in [-0.1, -0.05) is 12.1 Å². The molecule has 0 radical (unpaired) electrons. The molecule has 2 aliphatic carbocycles. The Morgan fingerprint density at radius 1 is 1.42 bits per heavy atom. The third-order valence-electron chi connectivity index (χ3n) is 6.52. The number of aliphatic hydroxyl groups is 3. The smallest absolute Gasteiger partial charge is 0.200 e. The molecule has 126 valence electrons. The van der Waals surface area contributed by atoms with Gasteiger partial charge in [0.2, 0.25) is 5.78 Å². The van der Waals surface area contributed by atoms with Gasteiger partial charge in [-0.15, -0.1) is 0 Å². The summed E-state index contributed by atoms with van der Waals surface area (Å²) in [5.74, 6) is -0.0805. The van der Waals surface area contributed by atoms with E-state index in [1.165, 1.54) is 0 Å². The van der Waals surface area contributed by atoms with E-state index in [-0.39, 0.29) is 24.2 Å². The lowest BCUT2D eigenvalue weighted by Gasteiger charge is -2.60. The first-order valence-corrected chi connectivity index (χ1v) is 8.25. The molecule has 1 aromatic carbocycles.